The van der Waals surface area contributed by atoms with Crippen LogP contribution in [0.5, 0.6) is 0 Å². The summed E-state index contributed by atoms with van der Waals surface area (Å²) in [5, 5.41) is 7.11. The fraction of sp³-hybridized carbons (Fsp3) is 0.227. The highest BCUT2D eigenvalue weighted by Gasteiger charge is 2.18. The second-order valence-corrected chi connectivity index (χ2v) is 6.95. The number of nitrogens with zero attached hydrogens (tertiary/aromatic N) is 2. The fourth-order valence-electron chi connectivity index (χ4n) is 2.79. The van der Waals surface area contributed by atoms with Crippen LogP contribution in [0.2, 0.25) is 0 Å². The number of benzene rings is 2. The molecule has 1 heterocycles. The molecule has 1 N–H and O–H groups in total. The number of hydrogen-bond donors (Lipinski definition) is 1. The van der Waals surface area contributed by atoms with Crippen LogP contribution >= 0.6 is 0 Å². The number of carbonyl (C=O) groups excluding carboxylic acids is 1. The van der Waals surface area contributed by atoms with Crippen LogP contribution in [0.4, 0.5) is 10.1 Å². The second-order valence-electron chi connectivity index (χ2n) is 6.95. The van der Waals surface area contributed by atoms with Gasteiger partial charge in [-0.15, -0.1) is 0 Å². The first kappa shape index (κ1) is 19.5. The number of halogens is 1. The Morgan fingerprint density at radius 1 is 0.964 bits per heavy atom. The average molecular weight is 379 g/mol. The van der Waals surface area contributed by atoms with Crippen LogP contribution < -0.4 is 10.9 Å². The van der Waals surface area contributed by atoms with Crippen molar-refractivity contribution in [2.45, 2.75) is 32.7 Å². The first-order valence-corrected chi connectivity index (χ1v) is 9.12. The lowest BCUT2D eigenvalue weighted by Crippen LogP contribution is -2.33. The molecule has 28 heavy (non-hydrogen) atoms. The number of amides is 1. The molecular weight excluding hydrogens is 357 g/mol. The number of anilines is 1. The SMILES string of the molecule is CC(C)c1ccc(NC(=O)C(C)n2nc(-c3ccc(F)cc3)ccc2=O)cc1. The molecule has 144 valence electrons. The minimum Gasteiger partial charge on any atom is -0.324 e. The van der Waals surface area contributed by atoms with Gasteiger partial charge in [0.15, 0.2) is 0 Å². The van der Waals surface area contributed by atoms with E-state index in [4.69, 9.17) is 0 Å². The molecule has 1 atom stereocenters. The predicted molar refractivity (Wildman–Crippen MR) is 108 cm³/mol. The van der Waals surface area contributed by atoms with Crippen molar-refractivity contribution in [3.05, 3.63) is 82.4 Å². The molecule has 0 aliphatic carbocycles. The van der Waals surface area contributed by atoms with Gasteiger partial charge in [0.1, 0.15) is 11.9 Å². The Balaban J connectivity index is 1.81. The van der Waals surface area contributed by atoms with Crippen LogP contribution in [-0.4, -0.2) is 15.7 Å². The molecule has 0 radical (unpaired) electrons. The quantitative estimate of drug-likeness (QED) is 0.716. The van der Waals surface area contributed by atoms with Crippen molar-refractivity contribution in [1.29, 1.82) is 0 Å². The van der Waals surface area contributed by atoms with Gasteiger partial charge in [-0.25, -0.2) is 9.07 Å². The van der Waals surface area contributed by atoms with E-state index in [-0.39, 0.29) is 17.3 Å². The number of aromatic nitrogens is 2. The van der Waals surface area contributed by atoms with Crippen molar-refractivity contribution in [2.75, 3.05) is 5.32 Å². The highest BCUT2D eigenvalue weighted by molar-refractivity contribution is 5.93. The largest absolute Gasteiger partial charge is 0.324 e. The molecule has 5 nitrogen and oxygen atoms in total. The fourth-order valence-corrected chi connectivity index (χ4v) is 2.79. The molecule has 0 bridgehead atoms. The Morgan fingerprint density at radius 2 is 1.61 bits per heavy atom. The second kappa shape index (κ2) is 8.17. The van der Waals surface area contributed by atoms with Gasteiger partial charge in [0.25, 0.3) is 5.56 Å². The summed E-state index contributed by atoms with van der Waals surface area (Å²) in [5.74, 6) is -0.294. The van der Waals surface area contributed by atoms with E-state index in [0.717, 1.165) is 4.68 Å². The Morgan fingerprint density at radius 3 is 2.21 bits per heavy atom. The van der Waals surface area contributed by atoms with Gasteiger partial charge in [0, 0.05) is 17.3 Å². The average Bonchev–Trinajstić information content (AvgIpc) is 2.69. The highest BCUT2D eigenvalue weighted by atomic mass is 19.1. The maximum atomic E-state index is 13.1. The van der Waals surface area contributed by atoms with Crippen molar-refractivity contribution in [1.82, 2.24) is 9.78 Å². The summed E-state index contributed by atoms with van der Waals surface area (Å²) in [5.41, 5.74) is 2.59. The molecule has 1 amide bonds. The van der Waals surface area contributed by atoms with Crippen LogP contribution in [0, 0.1) is 5.82 Å². The van der Waals surface area contributed by atoms with Crippen LogP contribution in [0.3, 0.4) is 0 Å². The summed E-state index contributed by atoms with van der Waals surface area (Å²) in [7, 11) is 0. The lowest BCUT2D eigenvalue weighted by atomic mass is 10.0. The van der Waals surface area contributed by atoms with Gasteiger partial charge in [-0.3, -0.25) is 9.59 Å². The van der Waals surface area contributed by atoms with Crippen LogP contribution in [0.15, 0.2) is 65.5 Å². The third-order valence-corrected chi connectivity index (χ3v) is 4.56. The zero-order chi connectivity index (χ0) is 20.3. The maximum absolute atomic E-state index is 13.1. The lowest BCUT2D eigenvalue weighted by molar-refractivity contribution is -0.119. The number of rotatable bonds is 5. The normalized spacial score (nSPS) is 12.0. The molecule has 0 spiro atoms. The van der Waals surface area contributed by atoms with Crippen LogP contribution in [-0.2, 0) is 4.79 Å². The zero-order valence-corrected chi connectivity index (χ0v) is 16.0. The summed E-state index contributed by atoms with van der Waals surface area (Å²) in [6, 6.07) is 15.5. The molecular formula is C22H22FN3O2. The van der Waals surface area contributed by atoms with Crippen LogP contribution in [0.25, 0.3) is 11.3 Å². The van der Waals surface area contributed by atoms with Gasteiger partial charge < -0.3 is 5.32 Å². The van der Waals surface area contributed by atoms with E-state index in [1.807, 2.05) is 24.3 Å². The molecule has 0 aliphatic rings. The topological polar surface area (TPSA) is 64.0 Å². The van der Waals surface area contributed by atoms with Crippen LogP contribution in [0.1, 0.15) is 38.3 Å². The van der Waals surface area contributed by atoms with Crippen molar-refractivity contribution in [3.8, 4) is 11.3 Å². The first-order valence-electron chi connectivity index (χ1n) is 9.12. The van der Waals surface area contributed by atoms with Gasteiger partial charge in [-0.2, -0.15) is 5.10 Å². The molecule has 3 rings (SSSR count). The van der Waals surface area contributed by atoms with E-state index in [0.29, 0.717) is 22.9 Å². The summed E-state index contributed by atoms with van der Waals surface area (Å²) in [6.45, 7) is 5.81. The first-order chi connectivity index (χ1) is 13.3. The standard InChI is InChI=1S/C22H22FN3O2/c1-14(2)16-6-10-19(11-7-16)24-22(28)15(3)26-21(27)13-12-20(25-26)17-4-8-18(23)9-5-17/h4-15H,1-3H3,(H,24,28). The van der Waals surface area contributed by atoms with Gasteiger partial charge >= 0.3 is 0 Å². The van der Waals surface area contributed by atoms with Crippen molar-refractivity contribution < 1.29 is 9.18 Å². The molecule has 1 aromatic heterocycles. The molecule has 1 unspecified atom stereocenters. The minimum absolute atomic E-state index is 0.344. The summed E-state index contributed by atoms with van der Waals surface area (Å²) in [6.07, 6.45) is 0. The lowest BCUT2D eigenvalue weighted by Gasteiger charge is -2.15. The zero-order valence-electron chi connectivity index (χ0n) is 16.0. The number of carbonyl (C=O) groups is 1. The molecule has 6 heteroatoms. The van der Waals surface area contributed by atoms with Crippen molar-refractivity contribution in [3.63, 3.8) is 0 Å². The van der Waals surface area contributed by atoms with E-state index in [2.05, 4.69) is 24.3 Å². The smallest absolute Gasteiger partial charge is 0.267 e. The summed E-state index contributed by atoms with van der Waals surface area (Å²) in [4.78, 5) is 24.9. The van der Waals surface area contributed by atoms with Gasteiger partial charge in [0.2, 0.25) is 5.91 Å². The Hall–Kier alpha value is -3.28. The summed E-state index contributed by atoms with van der Waals surface area (Å²) >= 11 is 0. The third-order valence-electron chi connectivity index (χ3n) is 4.56. The van der Waals surface area contributed by atoms with Gasteiger partial charge in [-0.1, -0.05) is 26.0 Å². The van der Waals surface area contributed by atoms with Gasteiger partial charge in [0.05, 0.1) is 5.69 Å². The molecule has 0 saturated carbocycles. The number of nitrogens with one attached hydrogen (secondary N) is 1. The molecule has 0 fully saturated rings. The van der Waals surface area contributed by atoms with E-state index in [1.165, 1.54) is 23.8 Å². The Labute approximate surface area is 162 Å². The van der Waals surface area contributed by atoms with Gasteiger partial charge in [-0.05, 0) is 60.9 Å². The molecule has 0 saturated heterocycles. The van der Waals surface area contributed by atoms with E-state index >= 15 is 0 Å². The maximum Gasteiger partial charge on any atom is 0.267 e. The molecule has 0 aliphatic heterocycles. The Kier molecular flexibility index (Phi) is 5.68. The molecule has 3 aromatic rings. The highest BCUT2D eigenvalue weighted by Crippen LogP contribution is 2.19. The van der Waals surface area contributed by atoms with E-state index < -0.39 is 6.04 Å². The third kappa shape index (κ3) is 4.34. The van der Waals surface area contributed by atoms with Crippen molar-refractivity contribution in [2.24, 2.45) is 0 Å². The van der Waals surface area contributed by atoms with E-state index in [9.17, 15) is 14.0 Å². The summed E-state index contributed by atoms with van der Waals surface area (Å²) < 4.78 is 14.3. The predicted octanol–water partition coefficient (Wildman–Crippen LogP) is 4.37. The van der Waals surface area contributed by atoms with Crippen molar-refractivity contribution >= 4 is 11.6 Å². The number of hydrogen-bond acceptors (Lipinski definition) is 3. The van der Waals surface area contributed by atoms with E-state index in [1.54, 1.807) is 25.1 Å². The Bertz CT molecular complexity index is 1020. The monoisotopic (exact) mass is 379 g/mol. The minimum atomic E-state index is -0.808. The molecule has 2 aromatic carbocycles.